The van der Waals surface area contributed by atoms with Crippen LogP contribution in [-0.4, -0.2) is 16.7 Å². The summed E-state index contributed by atoms with van der Waals surface area (Å²) < 4.78 is 0. The predicted molar refractivity (Wildman–Crippen MR) is 82.0 cm³/mol. The minimum Gasteiger partial charge on any atom is -0.508 e. The number of phenols is 1. The van der Waals surface area contributed by atoms with Gasteiger partial charge in [-0.1, -0.05) is 19.8 Å². The summed E-state index contributed by atoms with van der Waals surface area (Å²) in [6.45, 7) is 2.01. The number of nitrogens with zero attached hydrogens (tertiary/aromatic N) is 1. The van der Waals surface area contributed by atoms with Gasteiger partial charge in [0.05, 0.1) is 5.71 Å². The van der Waals surface area contributed by atoms with E-state index in [1.807, 2.05) is 19.1 Å². The molecular weight excluding hydrogens is 264 g/mol. The monoisotopic (exact) mass is 286 g/mol. The van der Waals surface area contributed by atoms with Gasteiger partial charge in [-0.2, -0.15) is 5.10 Å². The van der Waals surface area contributed by atoms with Gasteiger partial charge in [-0.25, -0.2) is 5.43 Å². The van der Waals surface area contributed by atoms with E-state index in [1.165, 1.54) is 25.7 Å². The van der Waals surface area contributed by atoms with E-state index in [9.17, 15) is 9.90 Å². The van der Waals surface area contributed by atoms with Crippen molar-refractivity contribution in [3.63, 3.8) is 0 Å². The molecule has 112 valence electrons. The van der Waals surface area contributed by atoms with E-state index in [1.54, 1.807) is 12.1 Å². The van der Waals surface area contributed by atoms with Crippen LogP contribution in [0.3, 0.4) is 0 Å². The van der Waals surface area contributed by atoms with Crippen molar-refractivity contribution in [3.8, 4) is 5.75 Å². The lowest BCUT2D eigenvalue weighted by Crippen LogP contribution is -2.22. The molecule has 0 aromatic heterocycles. The van der Waals surface area contributed by atoms with Crippen LogP contribution in [0, 0.1) is 17.8 Å². The largest absolute Gasteiger partial charge is 0.508 e. The molecule has 3 rings (SSSR count). The Kier molecular flexibility index (Phi) is 3.95. The quantitative estimate of drug-likeness (QED) is 0.660. The lowest BCUT2D eigenvalue weighted by Gasteiger charge is -2.05. The van der Waals surface area contributed by atoms with Gasteiger partial charge in [0.25, 0.3) is 0 Å². The number of nitrogens with one attached hydrogen (secondary N) is 1. The first kappa shape index (κ1) is 14.1. The van der Waals surface area contributed by atoms with E-state index in [0.29, 0.717) is 11.8 Å². The molecule has 1 aromatic carbocycles. The van der Waals surface area contributed by atoms with Crippen molar-refractivity contribution in [3.05, 3.63) is 29.8 Å². The van der Waals surface area contributed by atoms with Gasteiger partial charge in [0.1, 0.15) is 5.75 Å². The molecule has 21 heavy (non-hydrogen) atoms. The molecule has 1 aromatic rings. The zero-order valence-corrected chi connectivity index (χ0v) is 12.4. The lowest BCUT2D eigenvalue weighted by molar-refractivity contribution is -0.122. The Hall–Kier alpha value is -1.84. The van der Waals surface area contributed by atoms with E-state index < -0.39 is 0 Å². The van der Waals surface area contributed by atoms with Crippen molar-refractivity contribution in [1.29, 1.82) is 0 Å². The van der Waals surface area contributed by atoms with Gasteiger partial charge >= 0.3 is 0 Å². The smallest absolute Gasteiger partial charge is 0.243 e. The Morgan fingerprint density at radius 2 is 1.86 bits per heavy atom. The minimum absolute atomic E-state index is 0.0802. The Morgan fingerprint density at radius 3 is 2.43 bits per heavy atom. The first-order valence-electron chi connectivity index (χ1n) is 7.86. The van der Waals surface area contributed by atoms with E-state index in [0.717, 1.165) is 17.7 Å². The number of carbonyl (C=O) groups is 1. The summed E-state index contributed by atoms with van der Waals surface area (Å²) >= 11 is 0. The molecule has 2 aliphatic rings. The highest BCUT2D eigenvalue weighted by Crippen LogP contribution is 2.55. The van der Waals surface area contributed by atoms with Crippen molar-refractivity contribution in [2.45, 2.75) is 39.0 Å². The second kappa shape index (κ2) is 5.88. The van der Waals surface area contributed by atoms with Crippen LogP contribution in [-0.2, 0) is 4.79 Å². The SMILES string of the molecule is CCC(=NNC(=O)C1C2CCCCC21)c1ccc(O)cc1. The van der Waals surface area contributed by atoms with E-state index in [-0.39, 0.29) is 17.6 Å². The molecule has 0 heterocycles. The molecule has 2 atom stereocenters. The van der Waals surface area contributed by atoms with E-state index in [4.69, 9.17) is 0 Å². The number of phenolic OH excluding ortho intramolecular Hbond substituents is 1. The molecule has 0 spiro atoms. The summed E-state index contributed by atoms with van der Waals surface area (Å²) in [5.41, 5.74) is 4.53. The number of aromatic hydroxyl groups is 1. The summed E-state index contributed by atoms with van der Waals surface area (Å²) in [4.78, 5) is 12.2. The maximum Gasteiger partial charge on any atom is 0.243 e. The highest BCUT2D eigenvalue weighted by molar-refractivity contribution is 6.01. The van der Waals surface area contributed by atoms with E-state index >= 15 is 0 Å². The first-order chi connectivity index (χ1) is 10.2. The van der Waals surface area contributed by atoms with Crippen LogP contribution in [0.2, 0.25) is 0 Å². The van der Waals surface area contributed by atoms with Gasteiger partial charge in [0, 0.05) is 5.92 Å². The number of rotatable bonds is 4. The average Bonchev–Trinajstić information content (AvgIpc) is 3.24. The summed E-state index contributed by atoms with van der Waals surface area (Å²) in [6.07, 6.45) is 5.67. The lowest BCUT2D eigenvalue weighted by atomic mass is 10.0. The highest BCUT2D eigenvalue weighted by atomic mass is 16.3. The van der Waals surface area contributed by atoms with Crippen LogP contribution >= 0.6 is 0 Å². The molecule has 2 aliphatic carbocycles. The molecule has 0 bridgehead atoms. The number of hydrogen-bond donors (Lipinski definition) is 2. The third kappa shape index (κ3) is 2.94. The topological polar surface area (TPSA) is 61.7 Å². The zero-order chi connectivity index (χ0) is 14.8. The van der Waals surface area contributed by atoms with Crippen LogP contribution < -0.4 is 5.43 Å². The molecule has 0 radical (unpaired) electrons. The van der Waals surface area contributed by atoms with Gasteiger partial charge in [-0.15, -0.1) is 0 Å². The van der Waals surface area contributed by atoms with Gasteiger partial charge in [0.15, 0.2) is 0 Å². The summed E-state index contributed by atoms with van der Waals surface area (Å²) in [7, 11) is 0. The first-order valence-corrected chi connectivity index (χ1v) is 7.86. The molecule has 2 saturated carbocycles. The fraction of sp³-hybridized carbons (Fsp3) is 0.529. The third-order valence-electron chi connectivity index (χ3n) is 4.80. The normalized spacial score (nSPS) is 27.9. The van der Waals surface area contributed by atoms with Gasteiger partial charge < -0.3 is 5.11 Å². The number of carbonyl (C=O) groups excluding carboxylic acids is 1. The number of fused-ring (bicyclic) bond motifs is 1. The summed E-state index contributed by atoms with van der Waals surface area (Å²) in [5.74, 6) is 1.71. The molecule has 1 amide bonds. The Bertz CT molecular complexity index is 538. The van der Waals surface area contributed by atoms with Crippen molar-refractivity contribution in [1.82, 2.24) is 5.43 Å². The second-order valence-electron chi connectivity index (χ2n) is 6.07. The average molecular weight is 286 g/mol. The fourth-order valence-corrected chi connectivity index (χ4v) is 3.58. The van der Waals surface area contributed by atoms with Crippen molar-refractivity contribution in [2.24, 2.45) is 22.9 Å². The van der Waals surface area contributed by atoms with Crippen LogP contribution in [0.5, 0.6) is 5.75 Å². The van der Waals surface area contributed by atoms with Crippen LogP contribution in [0.4, 0.5) is 0 Å². The Balaban J connectivity index is 1.63. The van der Waals surface area contributed by atoms with Crippen molar-refractivity contribution < 1.29 is 9.90 Å². The standard InChI is InChI=1S/C17H22N2O2/c1-2-15(11-7-9-12(20)10-8-11)18-19-17(21)16-13-5-3-4-6-14(13)16/h7-10,13-14,16,20H,2-6H2,1H3,(H,19,21). The number of hydrazone groups is 1. The molecule has 4 heteroatoms. The van der Waals surface area contributed by atoms with Crippen molar-refractivity contribution in [2.75, 3.05) is 0 Å². The molecule has 2 N–H and O–H groups in total. The maximum absolute atomic E-state index is 12.2. The number of benzene rings is 1. The maximum atomic E-state index is 12.2. The molecule has 0 aliphatic heterocycles. The van der Waals surface area contributed by atoms with Crippen LogP contribution in [0.1, 0.15) is 44.6 Å². The Morgan fingerprint density at radius 1 is 1.24 bits per heavy atom. The van der Waals surface area contributed by atoms with Gasteiger partial charge in [-0.3, -0.25) is 4.79 Å². The fourth-order valence-electron chi connectivity index (χ4n) is 3.58. The molecule has 0 saturated heterocycles. The van der Waals surface area contributed by atoms with E-state index in [2.05, 4.69) is 10.5 Å². The summed E-state index contributed by atoms with van der Waals surface area (Å²) in [6, 6.07) is 6.91. The van der Waals surface area contributed by atoms with Crippen LogP contribution in [0.15, 0.2) is 29.4 Å². The second-order valence-corrected chi connectivity index (χ2v) is 6.07. The van der Waals surface area contributed by atoms with Crippen molar-refractivity contribution >= 4 is 11.6 Å². The summed E-state index contributed by atoms with van der Waals surface area (Å²) in [5, 5.41) is 13.6. The zero-order valence-electron chi connectivity index (χ0n) is 12.4. The Labute approximate surface area is 125 Å². The van der Waals surface area contributed by atoms with Gasteiger partial charge in [-0.05, 0) is 60.9 Å². The molecule has 2 unspecified atom stereocenters. The minimum atomic E-state index is 0.0802. The number of amides is 1. The number of hydrogen-bond acceptors (Lipinski definition) is 3. The predicted octanol–water partition coefficient (Wildman–Crippen LogP) is 3.06. The third-order valence-corrected chi connectivity index (χ3v) is 4.80. The van der Waals surface area contributed by atoms with Crippen LogP contribution in [0.25, 0.3) is 0 Å². The highest BCUT2D eigenvalue weighted by Gasteiger charge is 2.54. The van der Waals surface area contributed by atoms with Gasteiger partial charge in [0.2, 0.25) is 5.91 Å². The molecular formula is C17H22N2O2. The molecule has 2 fully saturated rings. The molecule has 4 nitrogen and oxygen atoms in total.